The van der Waals surface area contributed by atoms with Crippen LogP contribution in [0.3, 0.4) is 0 Å². The van der Waals surface area contributed by atoms with E-state index >= 15 is 0 Å². The van der Waals surface area contributed by atoms with Crippen LogP contribution in [0.15, 0.2) is 23.1 Å². The summed E-state index contributed by atoms with van der Waals surface area (Å²) in [5.41, 5.74) is -0.770. The van der Waals surface area contributed by atoms with Gasteiger partial charge in [0.1, 0.15) is 16.2 Å². The Kier molecular flexibility index (Phi) is 6.42. The normalized spacial score (nSPS) is 14.7. The Bertz CT molecular complexity index is 578. The highest BCUT2D eigenvalue weighted by atomic mass is 35.5. The summed E-state index contributed by atoms with van der Waals surface area (Å²) >= 11 is 5.85. The number of halogens is 1. The van der Waals surface area contributed by atoms with E-state index in [0.717, 1.165) is 0 Å². The van der Waals surface area contributed by atoms with Crippen molar-refractivity contribution in [3.8, 4) is 5.75 Å². The van der Waals surface area contributed by atoms with Crippen molar-refractivity contribution in [2.75, 3.05) is 34.5 Å². The summed E-state index contributed by atoms with van der Waals surface area (Å²) in [6, 6.07) is 4.40. The van der Waals surface area contributed by atoms with Crippen LogP contribution < -0.4 is 9.46 Å². The Morgan fingerprint density at radius 1 is 1.29 bits per heavy atom. The van der Waals surface area contributed by atoms with E-state index < -0.39 is 15.6 Å². The Morgan fingerprint density at radius 3 is 2.48 bits per heavy atom. The Labute approximate surface area is 130 Å². The van der Waals surface area contributed by atoms with Crippen molar-refractivity contribution in [2.45, 2.75) is 17.4 Å². The third-order valence-corrected chi connectivity index (χ3v) is 4.65. The molecule has 1 N–H and O–H groups in total. The van der Waals surface area contributed by atoms with E-state index in [1.165, 1.54) is 33.5 Å². The van der Waals surface area contributed by atoms with Gasteiger partial charge in [0.05, 0.1) is 13.7 Å². The first kappa shape index (κ1) is 18.2. The van der Waals surface area contributed by atoms with Gasteiger partial charge in [0.25, 0.3) is 0 Å². The molecule has 21 heavy (non-hydrogen) atoms. The molecule has 0 bridgehead atoms. The summed E-state index contributed by atoms with van der Waals surface area (Å²) < 4.78 is 42.6. The molecule has 0 spiro atoms. The average molecular weight is 338 g/mol. The summed E-state index contributed by atoms with van der Waals surface area (Å²) in [5.74, 6) is 0.220. The van der Waals surface area contributed by atoms with Crippen LogP contribution >= 0.6 is 11.6 Å². The molecule has 0 saturated heterocycles. The van der Waals surface area contributed by atoms with E-state index in [-0.39, 0.29) is 23.8 Å². The number of hydrogen-bond donors (Lipinski definition) is 1. The molecular weight excluding hydrogens is 318 g/mol. The van der Waals surface area contributed by atoms with E-state index in [2.05, 4.69) is 4.72 Å². The summed E-state index contributed by atoms with van der Waals surface area (Å²) in [6.07, 6.45) is 0. The predicted molar refractivity (Wildman–Crippen MR) is 80.5 cm³/mol. The summed E-state index contributed by atoms with van der Waals surface area (Å²) in [6.45, 7) is 2.04. The van der Waals surface area contributed by atoms with Crippen LogP contribution in [0.1, 0.15) is 6.92 Å². The number of hydrogen-bond acceptors (Lipinski definition) is 5. The molecule has 6 nitrogen and oxygen atoms in total. The van der Waals surface area contributed by atoms with E-state index in [4.69, 9.17) is 25.8 Å². The van der Waals surface area contributed by atoms with Crippen molar-refractivity contribution in [1.29, 1.82) is 0 Å². The van der Waals surface area contributed by atoms with Crippen LogP contribution in [0, 0.1) is 0 Å². The average Bonchev–Trinajstić information content (AvgIpc) is 2.45. The highest BCUT2D eigenvalue weighted by Crippen LogP contribution is 2.27. The van der Waals surface area contributed by atoms with Crippen LogP contribution in [0.5, 0.6) is 5.75 Å². The molecular formula is C13H20ClNO5S. The molecule has 0 unspecified atom stereocenters. The van der Waals surface area contributed by atoms with Crippen molar-refractivity contribution < 1.29 is 22.6 Å². The molecule has 1 aromatic carbocycles. The standard InChI is InChI=1S/C13H20ClNO5S/c1-13(20-4,9-18-2)8-15-21(16,17)12-7-10(14)5-6-11(12)19-3/h5-7,15H,8-9H2,1-4H3/t13-/m0/s1. The van der Waals surface area contributed by atoms with Gasteiger partial charge in [-0.25, -0.2) is 13.1 Å². The Morgan fingerprint density at radius 2 is 1.95 bits per heavy atom. The van der Waals surface area contributed by atoms with Gasteiger partial charge in [-0.3, -0.25) is 0 Å². The molecule has 0 aromatic heterocycles. The second-order valence-corrected chi connectivity index (χ2v) is 6.88. The van der Waals surface area contributed by atoms with E-state index in [1.54, 1.807) is 13.0 Å². The molecule has 0 aliphatic heterocycles. The SMILES string of the molecule is COC[C@](C)(CNS(=O)(=O)c1cc(Cl)ccc1OC)OC. The fraction of sp³-hybridized carbons (Fsp3) is 0.538. The first-order valence-corrected chi connectivity index (χ1v) is 8.01. The van der Waals surface area contributed by atoms with Crippen LogP contribution in [0.2, 0.25) is 5.02 Å². The Hall–Kier alpha value is -0.860. The zero-order valence-corrected chi connectivity index (χ0v) is 14.0. The van der Waals surface area contributed by atoms with Crippen molar-refractivity contribution >= 4 is 21.6 Å². The smallest absolute Gasteiger partial charge is 0.244 e. The van der Waals surface area contributed by atoms with Crippen molar-refractivity contribution in [2.24, 2.45) is 0 Å². The van der Waals surface area contributed by atoms with Crippen LogP contribution in [-0.4, -0.2) is 48.5 Å². The van der Waals surface area contributed by atoms with Crippen molar-refractivity contribution in [3.05, 3.63) is 23.2 Å². The second-order valence-electron chi connectivity index (χ2n) is 4.71. The molecule has 120 valence electrons. The predicted octanol–water partition coefficient (Wildman–Crippen LogP) is 1.68. The summed E-state index contributed by atoms with van der Waals surface area (Å²) in [7, 11) is 0.626. The lowest BCUT2D eigenvalue weighted by Gasteiger charge is -2.27. The maximum atomic E-state index is 12.4. The molecule has 0 aliphatic rings. The third kappa shape index (κ3) is 4.82. The fourth-order valence-electron chi connectivity index (χ4n) is 1.67. The molecule has 1 atom stereocenters. The molecule has 1 aromatic rings. The minimum absolute atomic E-state index is 0.0200. The summed E-state index contributed by atoms with van der Waals surface area (Å²) in [4.78, 5) is -0.0200. The minimum Gasteiger partial charge on any atom is -0.495 e. The maximum Gasteiger partial charge on any atom is 0.244 e. The fourth-order valence-corrected chi connectivity index (χ4v) is 3.26. The highest BCUT2D eigenvalue weighted by Gasteiger charge is 2.28. The van der Waals surface area contributed by atoms with Crippen LogP contribution in [0.25, 0.3) is 0 Å². The minimum atomic E-state index is -3.78. The lowest BCUT2D eigenvalue weighted by Crippen LogP contribution is -2.45. The lowest BCUT2D eigenvalue weighted by molar-refractivity contribution is -0.0460. The third-order valence-electron chi connectivity index (χ3n) is 2.99. The monoisotopic (exact) mass is 337 g/mol. The first-order valence-electron chi connectivity index (χ1n) is 6.15. The van der Waals surface area contributed by atoms with Crippen molar-refractivity contribution in [1.82, 2.24) is 4.72 Å². The molecule has 8 heteroatoms. The van der Waals surface area contributed by atoms with Gasteiger partial charge in [-0.05, 0) is 25.1 Å². The van der Waals surface area contributed by atoms with Crippen molar-refractivity contribution in [3.63, 3.8) is 0 Å². The lowest BCUT2D eigenvalue weighted by atomic mass is 10.1. The molecule has 1 rings (SSSR count). The van der Waals surface area contributed by atoms with Gasteiger partial charge in [0, 0.05) is 25.8 Å². The molecule has 0 saturated carbocycles. The number of nitrogens with one attached hydrogen (secondary N) is 1. The van der Waals surface area contributed by atoms with Gasteiger partial charge in [0.2, 0.25) is 10.0 Å². The highest BCUT2D eigenvalue weighted by molar-refractivity contribution is 7.89. The van der Waals surface area contributed by atoms with E-state index in [0.29, 0.717) is 5.02 Å². The molecule has 0 aliphatic carbocycles. The van der Waals surface area contributed by atoms with Gasteiger partial charge in [-0.15, -0.1) is 0 Å². The van der Waals surface area contributed by atoms with E-state index in [1.807, 2.05) is 0 Å². The largest absolute Gasteiger partial charge is 0.495 e. The maximum absolute atomic E-state index is 12.4. The van der Waals surface area contributed by atoms with Gasteiger partial charge in [0.15, 0.2) is 0 Å². The zero-order chi connectivity index (χ0) is 16.1. The first-order chi connectivity index (χ1) is 9.78. The molecule has 0 amide bonds. The summed E-state index contributed by atoms with van der Waals surface area (Å²) in [5, 5.41) is 0.308. The van der Waals surface area contributed by atoms with Gasteiger partial charge in [-0.1, -0.05) is 11.6 Å². The number of rotatable bonds is 8. The molecule has 0 radical (unpaired) electrons. The van der Waals surface area contributed by atoms with Crippen LogP contribution in [-0.2, 0) is 19.5 Å². The molecule has 0 heterocycles. The number of methoxy groups -OCH3 is 3. The second kappa shape index (κ2) is 7.42. The number of benzene rings is 1. The topological polar surface area (TPSA) is 73.9 Å². The van der Waals surface area contributed by atoms with Gasteiger partial charge >= 0.3 is 0 Å². The number of ether oxygens (including phenoxy) is 3. The molecule has 0 fully saturated rings. The van der Waals surface area contributed by atoms with Gasteiger partial charge in [-0.2, -0.15) is 0 Å². The van der Waals surface area contributed by atoms with Crippen LogP contribution in [0.4, 0.5) is 0 Å². The zero-order valence-electron chi connectivity index (χ0n) is 12.5. The number of sulfonamides is 1. The van der Waals surface area contributed by atoms with Gasteiger partial charge < -0.3 is 14.2 Å². The Balaban J connectivity index is 2.99. The quantitative estimate of drug-likeness (QED) is 0.781. The van der Waals surface area contributed by atoms with E-state index in [9.17, 15) is 8.42 Å².